The van der Waals surface area contributed by atoms with Gasteiger partial charge in [-0.05, 0) is 48.9 Å². The highest BCUT2D eigenvalue weighted by atomic mass is 32.2. The van der Waals surface area contributed by atoms with Crippen LogP contribution in [-0.2, 0) is 0 Å². The summed E-state index contributed by atoms with van der Waals surface area (Å²) in [5.41, 5.74) is 8.12. The summed E-state index contributed by atoms with van der Waals surface area (Å²) in [6, 6.07) is 12.3. The maximum Gasteiger partial charge on any atom is 0.335 e. The lowest BCUT2D eigenvalue weighted by Crippen LogP contribution is -2.01. The van der Waals surface area contributed by atoms with Gasteiger partial charge in [-0.1, -0.05) is 6.07 Å². The van der Waals surface area contributed by atoms with Gasteiger partial charge >= 0.3 is 5.97 Å². The minimum atomic E-state index is -0.938. The first-order valence-corrected chi connectivity index (χ1v) is 7.50. The number of carboxylic acids is 1. The minimum absolute atomic E-state index is 0.254. The van der Waals surface area contributed by atoms with Gasteiger partial charge in [-0.3, -0.25) is 0 Å². The van der Waals surface area contributed by atoms with Crippen LogP contribution < -0.4 is 10.5 Å². The molecule has 2 rings (SSSR count). The van der Waals surface area contributed by atoms with Crippen LogP contribution in [0.5, 0.6) is 5.75 Å². The van der Waals surface area contributed by atoms with Gasteiger partial charge in [0.1, 0.15) is 5.75 Å². The van der Waals surface area contributed by atoms with Gasteiger partial charge in [0.05, 0.1) is 12.2 Å². The van der Waals surface area contributed by atoms with E-state index >= 15 is 0 Å². The molecule has 5 heteroatoms. The number of anilines is 1. The van der Waals surface area contributed by atoms with Gasteiger partial charge in [0.25, 0.3) is 0 Å². The average molecular weight is 303 g/mol. The van der Waals surface area contributed by atoms with Gasteiger partial charge in [-0.2, -0.15) is 0 Å². The molecule has 4 nitrogen and oxygen atoms in total. The Morgan fingerprint density at radius 1 is 1.24 bits per heavy atom. The van der Waals surface area contributed by atoms with Gasteiger partial charge in [-0.15, -0.1) is 11.8 Å². The lowest BCUT2D eigenvalue weighted by atomic mass is 10.2. The van der Waals surface area contributed by atoms with Crippen molar-refractivity contribution in [2.24, 2.45) is 0 Å². The highest BCUT2D eigenvalue weighted by Gasteiger charge is 2.03. The summed E-state index contributed by atoms with van der Waals surface area (Å²) in [4.78, 5) is 11.8. The second kappa shape index (κ2) is 7.04. The monoisotopic (exact) mass is 303 g/mol. The quantitative estimate of drug-likeness (QED) is 0.486. The van der Waals surface area contributed by atoms with Crippen molar-refractivity contribution in [3.8, 4) is 5.75 Å². The minimum Gasteiger partial charge on any atom is -0.493 e. The van der Waals surface area contributed by atoms with Crippen molar-refractivity contribution < 1.29 is 14.6 Å². The predicted molar refractivity (Wildman–Crippen MR) is 85.2 cm³/mol. The van der Waals surface area contributed by atoms with Crippen molar-refractivity contribution in [3.05, 3.63) is 53.6 Å². The van der Waals surface area contributed by atoms with E-state index in [4.69, 9.17) is 15.6 Å². The fourth-order valence-electron chi connectivity index (χ4n) is 1.77. The second-order valence-corrected chi connectivity index (χ2v) is 5.70. The molecule has 0 unspecified atom stereocenters. The van der Waals surface area contributed by atoms with Crippen molar-refractivity contribution >= 4 is 23.4 Å². The van der Waals surface area contributed by atoms with Crippen LogP contribution in [0.3, 0.4) is 0 Å². The molecule has 0 aromatic heterocycles. The van der Waals surface area contributed by atoms with Crippen LogP contribution in [0.4, 0.5) is 5.69 Å². The SMILES string of the molecule is Cc1ccc(N)c(SCCOc2ccc(C(=O)O)cc2)c1. The Labute approximate surface area is 127 Å². The summed E-state index contributed by atoms with van der Waals surface area (Å²) >= 11 is 1.64. The molecule has 2 aromatic carbocycles. The highest BCUT2D eigenvalue weighted by Crippen LogP contribution is 2.26. The first kappa shape index (κ1) is 15.3. The smallest absolute Gasteiger partial charge is 0.335 e. The predicted octanol–water partition coefficient (Wildman–Crippen LogP) is 3.45. The van der Waals surface area contributed by atoms with Gasteiger partial charge < -0.3 is 15.6 Å². The topological polar surface area (TPSA) is 72.5 Å². The molecule has 0 spiro atoms. The van der Waals surface area contributed by atoms with E-state index in [0.29, 0.717) is 12.4 Å². The zero-order valence-corrected chi connectivity index (χ0v) is 12.5. The van der Waals surface area contributed by atoms with Gasteiger partial charge in [0.2, 0.25) is 0 Å². The Bertz CT molecular complexity index is 626. The van der Waals surface area contributed by atoms with Crippen LogP contribution >= 0.6 is 11.8 Å². The number of nitrogens with two attached hydrogens (primary N) is 1. The van der Waals surface area contributed by atoms with E-state index < -0.39 is 5.97 Å². The average Bonchev–Trinajstić information content (AvgIpc) is 2.47. The molecule has 3 N–H and O–H groups in total. The maximum atomic E-state index is 10.7. The number of hydrogen-bond acceptors (Lipinski definition) is 4. The van der Waals surface area contributed by atoms with E-state index in [2.05, 4.69) is 6.07 Å². The molecule has 21 heavy (non-hydrogen) atoms. The Kier molecular flexibility index (Phi) is 5.11. The number of rotatable bonds is 6. The molecule has 0 aliphatic rings. The molecule has 0 aliphatic heterocycles. The number of ether oxygens (including phenoxy) is 1. The molecular formula is C16H17NO3S. The Morgan fingerprint density at radius 3 is 2.62 bits per heavy atom. The third-order valence-corrected chi connectivity index (χ3v) is 3.92. The number of carboxylic acid groups (broad SMARTS) is 1. The van der Waals surface area contributed by atoms with Crippen LogP contribution in [0.1, 0.15) is 15.9 Å². The first-order valence-electron chi connectivity index (χ1n) is 6.51. The van der Waals surface area contributed by atoms with E-state index in [0.717, 1.165) is 16.3 Å². The number of aromatic carboxylic acids is 1. The lowest BCUT2D eigenvalue weighted by Gasteiger charge is -2.08. The number of nitrogen functional groups attached to an aromatic ring is 1. The third-order valence-electron chi connectivity index (χ3n) is 2.88. The van der Waals surface area contributed by atoms with Gasteiger partial charge in [0, 0.05) is 16.3 Å². The Hall–Kier alpha value is -2.14. The highest BCUT2D eigenvalue weighted by molar-refractivity contribution is 7.99. The summed E-state index contributed by atoms with van der Waals surface area (Å²) in [5.74, 6) is 0.499. The second-order valence-electron chi connectivity index (χ2n) is 4.57. The van der Waals surface area contributed by atoms with E-state index in [1.807, 2.05) is 19.1 Å². The summed E-state index contributed by atoms with van der Waals surface area (Å²) in [7, 11) is 0. The Balaban J connectivity index is 1.81. The molecule has 0 heterocycles. The van der Waals surface area contributed by atoms with Crippen LogP contribution in [-0.4, -0.2) is 23.4 Å². The summed E-state index contributed by atoms with van der Waals surface area (Å²) in [6.45, 7) is 2.56. The summed E-state index contributed by atoms with van der Waals surface area (Å²) in [6.07, 6.45) is 0. The number of hydrogen-bond donors (Lipinski definition) is 2. The van der Waals surface area contributed by atoms with Crippen LogP contribution in [0.25, 0.3) is 0 Å². The van der Waals surface area contributed by atoms with Crippen molar-refractivity contribution in [2.75, 3.05) is 18.1 Å². The lowest BCUT2D eigenvalue weighted by molar-refractivity contribution is 0.0697. The third kappa shape index (κ3) is 4.43. The van der Waals surface area contributed by atoms with Gasteiger partial charge in [0.15, 0.2) is 0 Å². The molecule has 0 aliphatic carbocycles. The number of thioether (sulfide) groups is 1. The molecule has 0 saturated carbocycles. The molecule has 110 valence electrons. The van der Waals surface area contributed by atoms with Crippen molar-refractivity contribution in [1.82, 2.24) is 0 Å². The number of aryl methyl sites for hydroxylation is 1. The first-order chi connectivity index (χ1) is 10.1. The molecule has 0 saturated heterocycles. The normalized spacial score (nSPS) is 10.3. The van der Waals surface area contributed by atoms with Crippen molar-refractivity contribution in [2.45, 2.75) is 11.8 Å². The molecule has 0 radical (unpaired) electrons. The number of benzene rings is 2. The van der Waals surface area contributed by atoms with E-state index in [1.165, 1.54) is 17.7 Å². The van der Waals surface area contributed by atoms with Crippen molar-refractivity contribution in [1.29, 1.82) is 0 Å². The zero-order valence-electron chi connectivity index (χ0n) is 11.7. The molecule has 0 atom stereocenters. The number of carbonyl (C=O) groups is 1. The van der Waals surface area contributed by atoms with Crippen molar-refractivity contribution in [3.63, 3.8) is 0 Å². The molecule has 0 amide bonds. The summed E-state index contributed by atoms with van der Waals surface area (Å²) < 4.78 is 5.58. The largest absolute Gasteiger partial charge is 0.493 e. The zero-order chi connectivity index (χ0) is 15.2. The van der Waals surface area contributed by atoms with Gasteiger partial charge in [-0.25, -0.2) is 4.79 Å². The standard InChI is InChI=1S/C16H17NO3S/c1-11-2-7-14(17)15(10-11)21-9-8-20-13-5-3-12(4-6-13)16(18)19/h2-7,10H,8-9,17H2,1H3,(H,18,19). The van der Waals surface area contributed by atoms with E-state index in [-0.39, 0.29) is 5.56 Å². The molecule has 0 bridgehead atoms. The molecular weight excluding hydrogens is 286 g/mol. The summed E-state index contributed by atoms with van der Waals surface area (Å²) in [5, 5.41) is 8.81. The molecule has 0 fully saturated rings. The van der Waals surface area contributed by atoms with E-state index in [9.17, 15) is 4.79 Å². The fraction of sp³-hybridized carbons (Fsp3) is 0.188. The molecule has 2 aromatic rings. The fourth-order valence-corrected chi connectivity index (χ4v) is 2.66. The maximum absolute atomic E-state index is 10.7. The van der Waals surface area contributed by atoms with E-state index in [1.54, 1.807) is 23.9 Å². The van der Waals surface area contributed by atoms with Crippen LogP contribution in [0, 0.1) is 6.92 Å². The van der Waals surface area contributed by atoms with Crippen LogP contribution in [0.2, 0.25) is 0 Å². The van der Waals surface area contributed by atoms with Crippen LogP contribution in [0.15, 0.2) is 47.4 Å². The Morgan fingerprint density at radius 2 is 1.95 bits per heavy atom.